The van der Waals surface area contributed by atoms with Gasteiger partial charge in [-0.25, -0.2) is 0 Å². The lowest BCUT2D eigenvalue weighted by molar-refractivity contribution is -0.137. The van der Waals surface area contributed by atoms with Gasteiger partial charge in [0.2, 0.25) is 11.8 Å². The summed E-state index contributed by atoms with van der Waals surface area (Å²) in [5.74, 6) is -0.226. The lowest BCUT2D eigenvalue weighted by Crippen LogP contribution is -2.43. The van der Waals surface area contributed by atoms with Crippen LogP contribution in [-0.4, -0.2) is 35.8 Å². The van der Waals surface area contributed by atoms with E-state index >= 15 is 0 Å². The first-order valence-electron chi connectivity index (χ1n) is 7.43. The number of likely N-dealkylation sites (tertiary alicyclic amines) is 1. The molecule has 4 nitrogen and oxygen atoms in total. The molecule has 0 bridgehead atoms. The summed E-state index contributed by atoms with van der Waals surface area (Å²) in [6.07, 6.45) is 1.17. The Morgan fingerprint density at radius 3 is 2.43 bits per heavy atom. The fraction of sp³-hybridized carbons (Fsp3) is 0.529. The first-order chi connectivity index (χ1) is 9.81. The van der Waals surface area contributed by atoms with Gasteiger partial charge in [-0.05, 0) is 24.3 Å². The molecule has 0 saturated carbocycles. The van der Waals surface area contributed by atoms with Crippen LogP contribution in [0, 0.1) is 0 Å². The van der Waals surface area contributed by atoms with Crippen molar-refractivity contribution in [3.63, 3.8) is 0 Å². The number of hydrogen-bond donors (Lipinski definition) is 1. The van der Waals surface area contributed by atoms with Crippen LogP contribution >= 0.6 is 0 Å². The van der Waals surface area contributed by atoms with E-state index in [1.165, 1.54) is 10.5 Å². The van der Waals surface area contributed by atoms with E-state index in [0.717, 1.165) is 6.42 Å². The van der Waals surface area contributed by atoms with Crippen molar-refractivity contribution in [3.05, 3.63) is 35.9 Å². The monoisotopic (exact) mass is 288 g/mol. The maximum atomic E-state index is 11.9. The molecule has 1 aliphatic rings. The second kappa shape index (κ2) is 5.98. The van der Waals surface area contributed by atoms with E-state index in [1.54, 1.807) is 7.05 Å². The summed E-state index contributed by atoms with van der Waals surface area (Å²) in [7, 11) is 1.55. The number of benzene rings is 1. The topological polar surface area (TPSA) is 49.4 Å². The number of nitrogens with zero attached hydrogens (tertiary/aromatic N) is 1. The molecule has 114 valence electrons. The fourth-order valence-electron chi connectivity index (χ4n) is 3.06. The number of carbonyl (C=O) groups is 2. The molecule has 0 aromatic heterocycles. The number of amides is 2. The van der Waals surface area contributed by atoms with Gasteiger partial charge in [-0.15, -0.1) is 0 Å². The van der Waals surface area contributed by atoms with Crippen molar-refractivity contribution in [2.45, 2.75) is 51.1 Å². The highest BCUT2D eigenvalue weighted by Gasteiger charge is 2.37. The molecule has 4 heteroatoms. The maximum Gasteiger partial charge on any atom is 0.246 e. The van der Waals surface area contributed by atoms with Gasteiger partial charge in [0.15, 0.2) is 0 Å². The van der Waals surface area contributed by atoms with E-state index in [-0.39, 0.29) is 35.7 Å². The van der Waals surface area contributed by atoms with E-state index in [2.05, 4.69) is 38.2 Å². The summed E-state index contributed by atoms with van der Waals surface area (Å²) < 4.78 is 0. The molecular weight excluding hydrogens is 264 g/mol. The molecule has 1 saturated heterocycles. The zero-order valence-electron chi connectivity index (χ0n) is 13.2. The number of likely N-dealkylation sites (N-methyl/N-ethyl adjacent to an activating group) is 1. The predicted molar refractivity (Wildman–Crippen MR) is 82.9 cm³/mol. The van der Waals surface area contributed by atoms with Gasteiger partial charge in [0.05, 0.1) is 12.5 Å². The zero-order valence-corrected chi connectivity index (χ0v) is 13.2. The van der Waals surface area contributed by atoms with Crippen LogP contribution in [0.4, 0.5) is 0 Å². The maximum absolute atomic E-state index is 11.9. The minimum Gasteiger partial charge on any atom is -0.303 e. The van der Waals surface area contributed by atoms with Gasteiger partial charge in [-0.2, -0.15) is 0 Å². The van der Waals surface area contributed by atoms with E-state index in [9.17, 15) is 9.59 Å². The van der Waals surface area contributed by atoms with Crippen molar-refractivity contribution in [3.8, 4) is 0 Å². The van der Waals surface area contributed by atoms with Crippen molar-refractivity contribution >= 4 is 11.8 Å². The molecule has 2 amide bonds. The highest BCUT2D eigenvalue weighted by Crippen LogP contribution is 2.28. The average Bonchev–Trinajstić information content (AvgIpc) is 2.66. The molecule has 0 aliphatic carbocycles. The Balaban J connectivity index is 1.97. The van der Waals surface area contributed by atoms with Gasteiger partial charge in [0, 0.05) is 13.1 Å². The van der Waals surface area contributed by atoms with Crippen molar-refractivity contribution in [2.75, 3.05) is 7.05 Å². The Kier molecular flexibility index (Phi) is 4.47. The van der Waals surface area contributed by atoms with Crippen molar-refractivity contribution in [1.82, 2.24) is 10.2 Å². The molecule has 0 spiro atoms. The van der Waals surface area contributed by atoms with E-state index in [0.29, 0.717) is 0 Å². The molecule has 0 radical (unpaired) electrons. The number of carbonyl (C=O) groups excluding carboxylic acids is 2. The van der Waals surface area contributed by atoms with E-state index in [1.807, 2.05) is 18.2 Å². The molecule has 2 rings (SSSR count). The second-order valence-electron chi connectivity index (χ2n) is 6.57. The standard InChI is InChI=1S/C17H24N2O2/c1-12(18-14-10-15(20)19(4)16(14)21)11-17(2,3)13-8-6-5-7-9-13/h5-9,12,14,18H,10-11H2,1-4H3. The predicted octanol–water partition coefficient (Wildman–Crippen LogP) is 2.09. The Labute approximate surface area is 126 Å². The number of rotatable bonds is 5. The third-order valence-electron chi connectivity index (χ3n) is 4.24. The summed E-state index contributed by atoms with van der Waals surface area (Å²) in [5.41, 5.74) is 1.30. The highest BCUT2D eigenvalue weighted by molar-refractivity contribution is 6.05. The van der Waals surface area contributed by atoms with E-state index < -0.39 is 0 Å². The number of imide groups is 1. The van der Waals surface area contributed by atoms with Crippen LogP contribution in [0.1, 0.15) is 39.2 Å². The number of hydrogen-bond acceptors (Lipinski definition) is 3. The third kappa shape index (κ3) is 3.50. The molecule has 1 aromatic carbocycles. The summed E-state index contributed by atoms with van der Waals surface area (Å²) in [4.78, 5) is 24.7. The largest absolute Gasteiger partial charge is 0.303 e. The Hall–Kier alpha value is -1.68. The van der Waals surface area contributed by atoms with Gasteiger partial charge >= 0.3 is 0 Å². The zero-order chi connectivity index (χ0) is 15.6. The SMILES string of the molecule is CC(CC(C)(C)c1ccccc1)NC1CC(=O)N(C)C1=O. The van der Waals surface area contributed by atoms with Gasteiger partial charge in [0.25, 0.3) is 0 Å². The lowest BCUT2D eigenvalue weighted by atomic mass is 9.79. The van der Waals surface area contributed by atoms with Crippen LogP contribution < -0.4 is 5.32 Å². The quantitative estimate of drug-likeness (QED) is 0.844. The number of nitrogens with one attached hydrogen (secondary N) is 1. The Morgan fingerprint density at radius 1 is 1.29 bits per heavy atom. The summed E-state index contributed by atoms with van der Waals surface area (Å²) in [5, 5.41) is 3.30. The van der Waals surface area contributed by atoms with Crippen LogP contribution in [0.5, 0.6) is 0 Å². The minimum absolute atomic E-state index is 0.0191. The fourth-order valence-corrected chi connectivity index (χ4v) is 3.06. The molecular formula is C17H24N2O2. The molecule has 1 aliphatic heterocycles. The molecule has 1 N–H and O–H groups in total. The van der Waals surface area contributed by atoms with Crippen molar-refractivity contribution < 1.29 is 9.59 Å². The van der Waals surface area contributed by atoms with Crippen molar-refractivity contribution in [1.29, 1.82) is 0 Å². The Bertz CT molecular complexity index is 525. The second-order valence-corrected chi connectivity index (χ2v) is 6.57. The van der Waals surface area contributed by atoms with Gasteiger partial charge in [0.1, 0.15) is 0 Å². The van der Waals surface area contributed by atoms with Crippen molar-refractivity contribution in [2.24, 2.45) is 0 Å². The molecule has 1 fully saturated rings. The molecule has 1 heterocycles. The van der Waals surface area contributed by atoms with E-state index in [4.69, 9.17) is 0 Å². The highest BCUT2D eigenvalue weighted by atomic mass is 16.2. The van der Waals surface area contributed by atoms with Crippen LogP contribution in [0.25, 0.3) is 0 Å². The average molecular weight is 288 g/mol. The van der Waals surface area contributed by atoms with Gasteiger partial charge in [-0.3, -0.25) is 14.5 Å². The normalized spacial score (nSPS) is 21.0. The summed E-state index contributed by atoms with van der Waals surface area (Å²) in [6.45, 7) is 6.48. The molecule has 21 heavy (non-hydrogen) atoms. The Morgan fingerprint density at radius 2 is 1.90 bits per heavy atom. The molecule has 1 aromatic rings. The smallest absolute Gasteiger partial charge is 0.246 e. The minimum atomic E-state index is -0.371. The lowest BCUT2D eigenvalue weighted by Gasteiger charge is -2.30. The third-order valence-corrected chi connectivity index (χ3v) is 4.24. The summed E-state index contributed by atoms with van der Waals surface area (Å²) >= 11 is 0. The van der Waals surface area contributed by atoms with Crippen LogP contribution in [0.2, 0.25) is 0 Å². The summed E-state index contributed by atoms with van der Waals surface area (Å²) in [6, 6.07) is 10.2. The van der Waals surface area contributed by atoms with Gasteiger partial charge in [-0.1, -0.05) is 44.2 Å². The van der Waals surface area contributed by atoms with Crippen LogP contribution in [-0.2, 0) is 15.0 Å². The molecule has 2 atom stereocenters. The van der Waals surface area contributed by atoms with Crippen LogP contribution in [0.15, 0.2) is 30.3 Å². The first kappa shape index (κ1) is 15.7. The van der Waals surface area contributed by atoms with Crippen LogP contribution in [0.3, 0.4) is 0 Å². The van der Waals surface area contributed by atoms with Gasteiger partial charge < -0.3 is 5.32 Å². The first-order valence-corrected chi connectivity index (χ1v) is 7.43. The molecule has 2 unspecified atom stereocenters.